The second kappa shape index (κ2) is 10.1. The van der Waals surface area contributed by atoms with Crippen LogP contribution in [0.5, 0.6) is 0 Å². The lowest BCUT2D eigenvalue weighted by Crippen LogP contribution is -2.44. The van der Waals surface area contributed by atoms with Crippen LogP contribution in [0.1, 0.15) is 33.2 Å². The molecule has 2 unspecified atom stereocenters. The summed E-state index contributed by atoms with van der Waals surface area (Å²) in [5.74, 6) is 0.277. The van der Waals surface area contributed by atoms with Crippen molar-refractivity contribution in [2.24, 2.45) is 5.92 Å². The van der Waals surface area contributed by atoms with Crippen LogP contribution in [0, 0.1) is 5.92 Å². The number of rotatable bonds is 7. The highest BCUT2D eigenvalue weighted by molar-refractivity contribution is 7.99. The van der Waals surface area contributed by atoms with Gasteiger partial charge >= 0.3 is 0 Å². The molecular weight excluding hydrogens is 497 g/mol. The lowest BCUT2D eigenvalue weighted by molar-refractivity contribution is 0.0554. The molecule has 3 nitrogen and oxygen atoms in total. The molecule has 0 radical (unpaired) electrons. The summed E-state index contributed by atoms with van der Waals surface area (Å²) in [6.07, 6.45) is 0.659. The molecule has 6 heteroatoms. The molecule has 2 amide bonds. The second-order valence-electron chi connectivity index (χ2n) is 8.80. The van der Waals surface area contributed by atoms with Crippen LogP contribution in [0.4, 0.5) is 0 Å². The van der Waals surface area contributed by atoms with Crippen LogP contribution >= 0.6 is 35.0 Å². The van der Waals surface area contributed by atoms with Crippen molar-refractivity contribution in [3.63, 3.8) is 0 Å². The Kier molecular flexibility index (Phi) is 6.88. The van der Waals surface area contributed by atoms with Crippen molar-refractivity contribution >= 4 is 57.6 Å². The Morgan fingerprint density at radius 1 is 0.771 bits per heavy atom. The molecule has 176 valence electrons. The van der Waals surface area contributed by atoms with Crippen LogP contribution in [-0.4, -0.2) is 28.5 Å². The maximum Gasteiger partial charge on any atom is 0.261 e. The molecular formula is C29H23Cl2NO2S. The molecule has 0 fully saturated rings. The Bertz CT molecular complexity index is 1400. The van der Waals surface area contributed by atoms with Gasteiger partial charge in [0.2, 0.25) is 0 Å². The van der Waals surface area contributed by atoms with E-state index >= 15 is 0 Å². The van der Waals surface area contributed by atoms with Crippen LogP contribution in [-0.2, 0) is 6.42 Å². The van der Waals surface area contributed by atoms with E-state index in [1.807, 2.05) is 31.2 Å². The minimum atomic E-state index is -0.301. The average molecular weight is 520 g/mol. The fraction of sp³-hybridized carbons (Fsp3) is 0.172. The third kappa shape index (κ3) is 4.84. The first kappa shape index (κ1) is 23.9. The molecule has 1 aliphatic heterocycles. The predicted octanol–water partition coefficient (Wildman–Crippen LogP) is 7.78. The highest BCUT2D eigenvalue weighted by atomic mass is 35.5. The number of amides is 2. The van der Waals surface area contributed by atoms with Crippen molar-refractivity contribution in [1.82, 2.24) is 4.90 Å². The van der Waals surface area contributed by atoms with E-state index in [0.717, 1.165) is 16.2 Å². The molecule has 4 aromatic carbocycles. The average Bonchev–Trinajstić information content (AvgIpc) is 3.13. The van der Waals surface area contributed by atoms with Crippen molar-refractivity contribution in [3.05, 3.63) is 112 Å². The summed E-state index contributed by atoms with van der Waals surface area (Å²) in [6, 6.07) is 27.0. The number of thioether (sulfide) groups is 1. The molecule has 35 heavy (non-hydrogen) atoms. The third-order valence-corrected chi connectivity index (χ3v) is 8.50. The number of halogens is 2. The third-order valence-electron chi connectivity index (χ3n) is 6.58. The number of imide groups is 1. The summed E-state index contributed by atoms with van der Waals surface area (Å²) >= 11 is 14.1. The first-order valence-electron chi connectivity index (χ1n) is 11.4. The lowest BCUT2D eigenvalue weighted by atomic mass is 9.93. The van der Waals surface area contributed by atoms with Gasteiger partial charge in [-0.15, -0.1) is 11.8 Å². The van der Waals surface area contributed by atoms with Gasteiger partial charge in [0.1, 0.15) is 0 Å². The Morgan fingerprint density at radius 2 is 1.43 bits per heavy atom. The van der Waals surface area contributed by atoms with Crippen LogP contribution in [0.2, 0.25) is 10.0 Å². The van der Waals surface area contributed by atoms with Gasteiger partial charge in [-0.1, -0.05) is 71.7 Å². The zero-order chi connectivity index (χ0) is 24.5. The van der Waals surface area contributed by atoms with Gasteiger partial charge in [-0.2, -0.15) is 0 Å². The number of hydrogen-bond donors (Lipinski definition) is 0. The molecule has 1 aliphatic rings. The summed E-state index contributed by atoms with van der Waals surface area (Å²) in [7, 11) is 0. The number of fused-ring (bicyclic) bond motifs is 2. The summed E-state index contributed by atoms with van der Waals surface area (Å²) in [4.78, 5) is 28.9. The van der Waals surface area contributed by atoms with E-state index in [-0.39, 0.29) is 23.8 Å². The standard InChI is InChI=1S/C29H23Cl2NO2S/c1-18(32-28(33)24-8-4-5-9-25(24)29(32)34)22(14-19-10-13-26(30)27(31)15-19)17-35-23-12-11-20-6-2-3-7-21(20)16-23/h2-13,15-16,18,22H,14,17H2,1H3. The van der Waals surface area contributed by atoms with Gasteiger partial charge in [0.05, 0.1) is 21.2 Å². The van der Waals surface area contributed by atoms with Gasteiger partial charge < -0.3 is 0 Å². The Balaban J connectivity index is 1.42. The zero-order valence-electron chi connectivity index (χ0n) is 19.1. The van der Waals surface area contributed by atoms with Crippen molar-refractivity contribution in [3.8, 4) is 0 Å². The maximum absolute atomic E-state index is 13.2. The number of benzene rings is 4. The molecule has 0 N–H and O–H groups in total. The van der Waals surface area contributed by atoms with E-state index in [0.29, 0.717) is 27.6 Å². The highest BCUT2D eigenvalue weighted by Crippen LogP contribution is 2.33. The van der Waals surface area contributed by atoms with Crippen molar-refractivity contribution in [2.75, 3.05) is 5.75 Å². The van der Waals surface area contributed by atoms with Gasteiger partial charge in [-0.25, -0.2) is 0 Å². The molecule has 2 atom stereocenters. The van der Waals surface area contributed by atoms with Gasteiger partial charge in [0.15, 0.2) is 0 Å². The number of nitrogens with zero attached hydrogens (tertiary/aromatic N) is 1. The van der Waals surface area contributed by atoms with Crippen molar-refractivity contribution in [2.45, 2.75) is 24.3 Å². The van der Waals surface area contributed by atoms with Gasteiger partial charge in [-0.3, -0.25) is 14.5 Å². The van der Waals surface area contributed by atoms with E-state index < -0.39 is 0 Å². The van der Waals surface area contributed by atoms with Gasteiger partial charge in [0, 0.05) is 16.7 Å². The van der Waals surface area contributed by atoms with Crippen LogP contribution in [0.15, 0.2) is 89.8 Å². The van der Waals surface area contributed by atoms with Crippen LogP contribution < -0.4 is 0 Å². The Hall–Kier alpha value is -2.79. The van der Waals surface area contributed by atoms with E-state index in [1.54, 1.807) is 42.1 Å². The molecule has 4 aromatic rings. The van der Waals surface area contributed by atoms with E-state index in [1.165, 1.54) is 15.7 Å². The summed E-state index contributed by atoms with van der Waals surface area (Å²) in [6.45, 7) is 1.96. The first-order chi connectivity index (χ1) is 16.9. The quantitative estimate of drug-likeness (QED) is 0.184. The zero-order valence-corrected chi connectivity index (χ0v) is 21.4. The summed E-state index contributed by atoms with van der Waals surface area (Å²) in [5.41, 5.74) is 1.96. The smallest absolute Gasteiger partial charge is 0.261 e. The minimum Gasteiger partial charge on any atom is -0.271 e. The van der Waals surface area contributed by atoms with E-state index in [2.05, 4.69) is 30.3 Å². The molecule has 0 aliphatic carbocycles. The van der Waals surface area contributed by atoms with Crippen molar-refractivity contribution < 1.29 is 9.59 Å². The monoisotopic (exact) mass is 519 g/mol. The fourth-order valence-electron chi connectivity index (χ4n) is 4.59. The van der Waals surface area contributed by atoms with Crippen LogP contribution in [0.25, 0.3) is 10.8 Å². The van der Waals surface area contributed by atoms with Crippen LogP contribution in [0.3, 0.4) is 0 Å². The SMILES string of the molecule is CC(C(CSc1ccc2ccccc2c1)Cc1ccc(Cl)c(Cl)c1)N1C(=O)c2ccccc2C1=O. The Labute approximate surface area is 219 Å². The molecule has 0 bridgehead atoms. The minimum absolute atomic E-state index is 0.00549. The van der Waals surface area contributed by atoms with Crippen molar-refractivity contribution in [1.29, 1.82) is 0 Å². The number of hydrogen-bond acceptors (Lipinski definition) is 3. The largest absolute Gasteiger partial charge is 0.271 e. The van der Waals surface area contributed by atoms with E-state index in [4.69, 9.17) is 23.2 Å². The van der Waals surface area contributed by atoms with E-state index in [9.17, 15) is 9.59 Å². The molecule has 0 saturated carbocycles. The fourth-order valence-corrected chi connectivity index (χ4v) is 6.09. The topological polar surface area (TPSA) is 37.4 Å². The first-order valence-corrected chi connectivity index (χ1v) is 13.2. The van der Waals surface area contributed by atoms with Gasteiger partial charge in [0.25, 0.3) is 11.8 Å². The molecule has 5 rings (SSSR count). The lowest BCUT2D eigenvalue weighted by Gasteiger charge is -2.30. The predicted molar refractivity (Wildman–Crippen MR) is 145 cm³/mol. The molecule has 0 aromatic heterocycles. The highest BCUT2D eigenvalue weighted by Gasteiger charge is 2.40. The second-order valence-corrected chi connectivity index (χ2v) is 10.7. The normalized spacial score (nSPS) is 14.9. The Morgan fingerprint density at radius 3 is 2.11 bits per heavy atom. The van der Waals surface area contributed by atoms with Gasteiger partial charge in [-0.05, 0) is 72.0 Å². The maximum atomic E-state index is 13.2. The number of carbonyl (C=O) groups is 2. The molecule has 0 saturated heterocycles. The number of carbonyl (C=O) groups excluding carboxylic acids is 2. The summed E-state index contributed by atoms with van der Waals surface area (Å²) in [5, 5.41) is 3.39. The molecule has 1 heterocycles. The summed E-state index contributed by atoms with van der Waals surface area (Å²) < 4.78 is 0. The molecule has 0 spiro atoms.